The molecule has 4 rings (SSSR count). The number of rotatable bonds is 4. The lowest BCUT2D eigenvalue weighted by molar-refractivity contribution is -0.140. The Balaban J connectivity index is 1.71. The largest absolute Gasteiger partial charge is 0.339 e. The first-order valence-corrected chi connectivity index (χ1v) is 11.5. The number of hydrogen-bond donors (Lipinski definition) is 0. The Morgan fingerprint density at radius 1 is 0.969 bits per heavy atom. The minimum Gasteiger partial charge on any atom is -0.339 e. The summed E-state index contributed by atoms with van der Waals surface area (Å²) >= 11 is 18.9. The number of imidazole rings is 1. The fourth-order valence-electron chi connectivity index (χ4n) is 4.13. The Hall–Kier alpha value is -2.28. The Kier molecular flexibility index (Phi) is 6.65. The van der Waals surface area contributed by atoms with Crippen molar-refractivity contribution >= 4 is 57.7 Å². The lowest BCUT2D eigenvalue weighted by atomic mass is 10.1. The van der Waals surface area contributed by atoms with E-state index in [1.54, 1.807) is 28.9 Å². The van der Waals surface area contributed by atoms with E-state index < -0.39 is 6.04 Å². The molecule has 0 radical (unpaired) electrons. The zero-order valence-corrected chi connectivity index (χ0v) is 20.1. The molecule has 0 saturated carbocycles. The van der Waals surface area contributed by atoms with Gasteiger partial charge in [0.1, 0.15) is 11.9 Å². The maximum atomic E-state index is 13.4. The summed E-state index contributed by atoms with van der Waals surface area (Å²) in [5, 5.41) is 1.45. The number of piperazine rings is 1. The van der Waals surface area contributed by atoms with Gasteiger partial charge in [-0.2, -0.15) is 0 Å². The van der Waals surface area contributed by atoms with Crippen LogP contribution in [-0.2, 0) is 16.0 Å². The van der Waals surface area contributed by atoms with Crippen molar-refractivity contribution in [2.75, 3.05) is 26.2 Å². The summed E-state index contributed by atoms with van der Waals surface area (Å²) in [6.07, 6.45) is 0.458. The molecule has 32 heavy (non-hydrogen) atoms. The quantitative estimate of drug-likeness (QED) is 0.523. The van der Waals surface area contributed by atoms with Gasteiger partial charge in [0, 0.05) is 44.5 Å². The highest BCUT2D eigenvalue weighted by atomic mass is 35.5. The molecule has 1 aliphatic rings. The average molecular weight is 494 g/mol. The van der Waals surface area contributed by atoms with Gasteiger partial charge in [-0.15, -0.1) is 0 Å². The molecule has 9 heteroatoms. The van der Waals surface area contributed by atoms with Gasteiger partial charge in [0.25, 0.3) is 0 Å². The van der Waals surface area contributed by atoms with Crippen molar-refractivity contribution < 1.29 is 9.59 Å². The van der Waals surface area contributed by atoms with Gasteiger partial charge >= 0.3 is 0 Å². The Bertz CT molecular complexity index is 1190. The number of nitrogens with zero attached hydrogens (tertiary/aromatic N) is 4. The van der Waals surface area contributed by atoms with Gasteiger partial charge in [-0.05, 0) is 30.7 Å². The van der Waals surface area contributed by atoms with E-state index >= 15 is 0 Å². The van der Waals surface area contributed by atoms with E-state index in [0.29, 0.717) is 59.0 Å². The summed E-state index contributed by atoms with van der Waals surface area (Å²) in [5.41, 5.74) is 2.32. The third-order valence-electron chi connectivity index (χ3n) is 5.89. The topological polar surface area (TPSA) is 58.4 Å². The zero-order valence-electron chi connectivity index (χ0n) is 17.8. The second kappa shape index (κ2) is 9.30. The highest BCUT2D eigenvalue weighted by Gasteiger charge is 2.29. The Labute approximate surface area is 201 Å². The standard InChI is InChI=1S/C23H23Cl3N4O2/c1-14(23(32)29-9-7-28(8-10-29)15(2)31)30-21-13-19(26)18(25)12-20(21)27-22(30)11-16-5-3-4-6-17(16)24/h3-6,12-14H,7-11H2,1-2H3/t14-/m1/s1. The number of aromatic nitrogens is 2. The average Bonchev–Trinajstić information content (AvgIpc) is 3.11. The number of halogens is 3. The lowest BCUT2D eigenvalue weighted by Gasteiger charge is -2.36. The van der Waals surface area contributed by atoms with Crippen molar-refractivity contribution in [1.29, 1.82) is 0 Å². The van der Waals surface area contributed by atoms with Crippen LogP contribution in [0.15, 0.2) is 36.4 Å². The summed E-state index contributed by atoms with van der Waals surface area (Å²) in [4.78, 5) is 33.4. The highest BCUT2D eigenvalue weighted by Crippen LogP contribution is 2.32. The third-order valence-corrected chi connectivity index (χ3v) is 6.98. The Morgan fingerprint density at radius 2 is 1.59 bits per heavy atom. The van der Waals surface area contributed by atoms with Crippen LogP contribution in [0.2, 0.25) is 15.1 Å². The summed E-state index contributed by atoms with van der Waals surface area (Å²) in [5.74, 6) is 0.702. The minimum absolute atomic E-state index is 0.0271. The maximum Gasteiger partial charge on any atom is 0.245 e. The molecule has 2 aromatic carbocycles. The van der Waals surface area contributed by atoms with Crippen molar-refractivity contribution in [2.45, 2.75) is 26.3 Å². The first kappa shape index (κ1) is 22.9. The van der Waals surface area contributed by atoms with E-state index in [9.17, 15) is 9.59 Å². The van der Waals surface area contributed by atoms with Gasteiger partial charge < -0.3 is 14.4 Å². The summed E-state index contributed by atoms with van der Waals surface area (Å²) in [7, 11) is 0. The predicted octanol–water partition coefficient (Wildman–Crippen LogP) is 4.84. The molecule has 168 valence electrons. The molecule has 1 aliphatic heterocycles. The number of benzene rings is 2. The van der Waals surface area contributed by atoms with E-state index in [-0.39, 0.29) is 11.8 Å². The van der Waals surface area contributed by atoms with E-state index in [4.69, 9.17) is 39.8 Å². The molecular weight excluding hydrogens is 471 g/mol. The summed E-state index contributed by atoms with van der Waals surface area (Å²) < 4.78 is 1.92. The molecule has 0 unspecified atom stereocenters. The van der Waals surface area contributed by atoms with E-state index in [1.165, 1.54) is 0 Å². The van der Waals surface area contributed by atoms with Crippen LogP contribution in [0.1, 0.15) is 31.3 Å². The van der Waals surface area contributed by atoms with Gasteiger partial charge in [0.15, 0.2) is 0 Å². The fourth-order valence-corrected chi connectivity index (χ4v) is 4.64. The number of carbonyl (C=O) groups is 2. The van der Waals surface area contributed by atoms with Gasteiger partial charge in [-0.1, -0.05) is 53.0 Å². The molecule has 1 saturated heterocycles. The molecule has 0 aliphatic carbocycles. The van der Waals surface area contributed by atoms with Crippen molar-refractivity contribution in [1.82, 2.24) is 19.4 Å². The van der Waals surface area contributed by atoms with E-state index in [1.807, 2.05) is 35.8 Å². The van der Waals surface area contributed by atoms with Gasteiger partial charge in [-0.25, -0.2) is 4.98 Å². The van der Waals surface area contributed by atoms with Crippen LogP contribution in [0, 0.1) is 0 Å². The maximum absolute atomic E-state index is 13.4. The molecule has 3 aromatic rings. The zero-order chi connectivity index (χ0) is 23.0. The van der Waals surface area contributed by atoms with E-state index in [2.05, 4.69) is 0 Å². The van der Waals surface area contributed by atoms with Crippen LogP contribution in [0.3, 0.4) is 0 Å². The third kappa shape index (κ3) is 4.45. The molecule has 6 nitrogen and oxygen atoms in total. The molecule has 0 N–H and O–H groups in total. The van der Waals surface area contributed by atoms with Crippen molar-refractivity contribution in [3.63, 3.8) is 0 Å². The van der Waals surface area contributed by atoms with Crippen molar-refractivity contribution in [2.24, 2.45) is 0 Å². The highest BCUT2D eigenvalue weighted by molar-refractivity contribution is 6.42. The van der Waals surface area contributed by atoms with Crippen LogP contribution >= 0.6 is 34.8 Å². The van der Waals surface area contributed by atoms with Gasteiger partial charge in [-0.3, -0.25) is 9.59 Å². The molecule has 1 aromatic heterocycles. The Morgan fingerprint density at radius 3 is 2.25 bits per heavy atom. The van der Waals surface area contributed by atoms with Gasteiger partial charge in [0.05, 0.1) is 21.1 Å². The van der Waals surface area contributed by atoms with Crippen molar-refractivity contribution in [3.05, 3.63) is 62.9 Å². The number of carbonyl (C=O) groups excluding carboxylic acids is 2. The SMILES string of the molecule is CC(=O)N1CCN(C(=O)[C@@H](C)n2c(Cc3ccccc3Cl)nc3cc(Cl)c(Cl)cc32)CC1. The molecule has 0 spiro atoms. The smallest absolute Gasteiger partial charge is 0.245 e. The van der Waals surface area contributed by atoms with Gasteiger partial charge in [0.2, 0.25) is 11.8 Å². The van der Waals surface area contributed by atoms with Crippen LogP contribution < -0.4 is 0 Å². The van der Waals surface area contributed by atoms with Crippen LogP contribution in [-0.4, -0.2) is 57.3 Å². The second-order valence-corrected chi connectivity index (χ2v) is 9.15. The fraction of sp³-hybridized carbons (Fsp3) is 0.348. The second-order valence-electron chi connectivity index (χ2n) is 7.93. The predicted molar refractivity (Wildman–Crippen MR) is 128 cm³/mol. The minimum atomic E-state index is -0.515. The first-order valence-electron chi connectivity index (χ1n) is 10.4. The monoisotopic (exact) mass is 492 g/mol. The van der Waals surface area contributed by atoms with Crippen LogP contribution in [0.4, 0.5) is 0 Å². The molecule has 1 fully saturated rings. The number of amides is 2. The number of fused-ring (bicyclic) bond motifs is 1. The lowest BCUT2D eigenvalue weighted by Crippen LogP contribution is -2.51. The molecule has 0 bridgehead atoms. The summed E-state index contributed by atoms with van der Waals surface area (Å²) in [6, 6.07) is 10.5. The normalized spacial score (nSPS) is 15.3. The molecule has 2 amide bonds. The molecule has 1 atom stereocenters. The van der Waals surface area contributed by atoms with Crippen LogP contribution in [0.25, 0.3) is 11.0 Å². The summed E-state index contributed by atoms with van der Waals surface area (Å²) in [6.45, 7) is 5.48. The number of hydrogen-bond acceptors (Lipinski definition) is 3. The molecule has 2 heterocycles. The van der Waals surface area contributed by atoms with Crippen LogP contribution in [0.5, 0.6) is 0 Å². The molecular formula is C23H23Cl3N4O2. The first-order chi connectivity index (χ1) is 15.3. The van der Waals surface area contributed by atoms with Crippen molar-refractivity contribution in [3.8, 4) is 0 Å². The van der Waals surface area contributed by atoms with E-state index in [0.717, 1.165) is 11.1 Å².